The summed E-state index contributed by atoms with van der Waals surface area (Å²) in [5, 5.41) is 9.11. The average molecular weight is 326 g/mol. The summed E-state index contributed by atoms with van der Waals surface area (Å²) < 4.78 is 24.9. The molecule has 0 atom stereocenters. The standard InChI is InChI=1S/C8H4Br2F2N2/c9-2-5-4(3-13)1-6(8(11)12)14-7(5)10/h1,8H,2H2. The first-order valence-corrected chi connectivity index (χ1v) is 5.45. The summed E-state index contributed by atoms with van der Waals surface area (Å²) in [6.07, 6.45) is -2.66. The van der Waals surface area contributed by atoms with Crippen LogP contribution in [0.5, 0.6) is 0 Å². The maximum atomic E-state index is 12.3. The molecule has 6 heteroatoms. The van der Waals surface area contributed by atoms with Gasteiger partial charge in [-0.1, -0.05) is 15.9 Å². The lowest BCUT2D eigenvalue weighted by molar-refractivity contribution is 0.146. The summed E-state index contributed by atoms with van der Waals surface area (Å²) in [6.45, 7) is 0. The quantitative estimate of drug-likeness (QED) is 0.616. The van der Waals surface area contributed by atoms with Crippen LogP contribution < -0.4 is 0 Å². The Labute approximate surface area is 96.2 Å². The molecule has 0 bridgehead atoms. The third-order valence-electron chi connectivity index (χ3n) is 1.57. The highest BCUT2D eigenvalue weighted by Crippen LogP contribution is 2.26. The van der Waals surface area contributed by atoms with E-state index in [4.69, 9.17) is 5.26 Å². The number of hydrogen-bond acceptors (Lipinski definition) is 2. The molecule has 0 saturated carbocycles. The number of alkyl halides is 3. The molecule has 0 aliphatic heterocycles. The Morgan fingerprint density at radius 3 is 2.64 bits per heavy atom. The molecule has 0 N–H and O–H groups in total. The Hall–Kier alpha value is -0.540. The summed E-state index contributed by atoms with van der Waals surface area (Å²) in [5.74, 6) is 0. The predicted molar refractivity (Wildman–Crippen MR) is 54.2 cm³/mol. The van der Waals surface area contributed by atoms with Gasteiger partial charge in [-0.3, -0.25) is 0 Å². The highest BCUT2D eigenvalue weighted by atomic mass is 79.9. The molecular formula is C8H4Br2F2N2. The third-order valence-corrected chi connectivity index (χ3v) is 2.79. The zero-order valence-electron chi connectivity index (χ0n) is 6.77. The highest BCUT2D eigenvalue weighted by molar-refractivity contribution is 9.10. The lowest BCUT2D eigenvalue weighted by Crippen LogP contribution is -1.97. The van der Waals surface area contributed by atoms with Gasteiger partial charge >= 0.3 is 0 Å². The second-order valence-corrected chi connectivity index (χ2v) is 3.72. The average Bonchev–Trinajstić information content (AvgIpc) is 2.16. The number of pyridine rings is 1. The van der Waals surface area contributed by atoms with Crippen LogP contribution in [0.25, 0.3) is 0 Å². The Morgan fingerprint density at radius 1 is 1.57 bits per heavy atom. The van der Waals surface area contributed by atoms with E-state index in [1.165, 1.54) is 0 Å². The monoisotopic (exact) mass is 324 g/mol. The molecular weight excluding hydrogens is 322 g/mol. The third kappa shape index (κ3) is 2.28. The fraction of sp³-hybridized carbons (Fsp3) is 0.250. The molecule has 0 saturated heterocycles. The minimum atomic E-state index is -2.66. The molecule has 0 aliphatic rings. The first-order chi connectivity index (χ1) is 6.60. The van der Waals surface area contributed by atoms with Crippen LogP contribution in [-0.2, 0) is 5.33 Å². The van der Waals surface area contributed by atoms with E-state index in [1.54, 1.807) is 0 Å². The van der Waals surface area contributed by atoms with E-state index in [0.717, 1.165) is 6.07 Å². The first kappa shape index (κ1) is 11.5. The molecule has 0 spiro atoms. The molecule has 0 radical (unpaired) electrons. The van der Waals surface area contributed by atoms with E-state index in [1.807, 2.05) is 6.07 Å². The summed E-state index contributed by atoms with van der Waals surface area (Å²) in [5.41, 5.74) is 0.397. The number of rotatable bonds is 2. The number of aromatic nitrogens is 1. The summed E-state index contributed by atoms with van der Waals surface area (Å²) in [7, 11) is 0. The van der Waals surface area contributed by atoms with Gasteiger partial charge in [0.1, 0.15) is 10.3 Å². The van der Waals surface area contributed by atoms with Crippen molar-refractivity contribution < 1.29 is 8.78 Å². The lowest BCUT2D eigenvalue weighted by atomic mass is 10.1. The fourth-order valence-corrected chi connectivity index (χ4v) is 2.40. The molecule has 14 heavy (non-hydrogen) atoms. The minimum absolute atomic E-state index is 0.207. The van der Waals surface area contributed by atoms with Gasteiger partial charge < -0.3 is 0 Å². The SMILES string of the molecule is N#Cc1cc(C(F)F)nc(Br)c1CBr. The van der Waals surface area contributed by atoms with Gasteiger partial charge in [0.05, 0.1) is 11.6 Å². The van der Waals surface area contributed by atoms with Crippen LogP contribution >= 0.6 is 31.9 Å². The lowest BCUT2D eigenvalue weighted by Gasteiger charge is -2.05. The number of nitriles is 1. The van der Waals surface area contributed by atoms with Crippen LogP contribution in [-0.4, -0.2) is 4.98 Å². The van der Waals surface area contributed by atoms with Gasteiger partial charge in [-0.05, 0) is 22.0 Å². The molecule has 1 aromatic rings. The van der Waals surface area contributed by atoms with E-state index >= 15 is 0 Å². The van der Waals surface area contributed by atoms with Crippen LogP contribution in [0.3, 0.4) is 0 Å². The van der Waals surface area contributed by atoms with Crippen molar-refractivity contribution in [2.75, 3.05) is 0 Å². The maximum absolute atomic E-state index is 12.3. The van der Waals surface area contributed by atoms with Gasteiger partial charge in [0, 0.05) is 10.9 Å². The van der Waals surface area contributed by atoms with Crippen LogP contribution in [0.15, 0.2) is 10.7 Å². The fourth-order valence-electron chi connectivity index (χ4n) is 0.898. The second kappa shape index (κ2) is 4.80. The highest BCUT2D eigenvalue weighted by Gasteiger charge is 2.15. The van der Waals surface area contributed by atoms with Crippen molar-refractivity contribution in [3.05, 3.63) is 27.5 Å². The van der Waals surface area contributed by atoms with Crippen molar-refractivity contribution in [1.29, 1.82) is 5.26 Å². The first-order valence-electron chi connectivity index (χ1n) is 3.53. The van der Waals surface area contributed by atoms with Gasteiger partial charge in [-0.25, -0.2) is 13.8 Å². The van der Waals surface area contributed by atoms with E-state index in [0.29, 0.717) is 10.9 Å². The molecule has 0 amide bonds. The topological polar surface area (TPSA) is 36.7 Å². The van der Waals surface area contributed by atoms with Crippen LogP contribution in [0, 0.1) is 11.3 Å². The predicted octanol–water partition coefficient (Wildman–Crippen LogP) is 3.55. The van der Waals surface area contributed by atoms with Crippen LogP contribution in [0.4, 0.5) is 8.78 Å². The Bertz CT molecular complexity index is 388. The normalized spacial score (nSPS) is 10.3. The van der Waals surface area contributed by atoms with Crippen LogP contribution in [0.1, 0.15) is 23.2 Å². The molecule has 1 rings (SSSR count). The Kier molecular flexibility index (Phi) is 3.96. The van der Waals surface area contributed by atoms with Crippen molar-refractivity contribution in [2.24, 2.45) is 0 Å². The maximum Gasteiger partial charge on any atom is 0.280 e. The van der Waals surface area contributed by atoms with Crippen molar-refractivity contribution in [3.63, 3.8) is 0 Å². The molecule has 74 valence electrons. The zero-order valence-corrected chi connectivity index (χ0v) is 9.94. The van der Waals surface area contributed by atoms with Gasteiger partial charge in [0.15, 0.2) is 0 Å². The smallest absolute Gasteiger partial charge is 0.240 e. The van der Waals surface area contributed by atoms with Gasteiger partial charge in [0.25, 0.3) is 6.43 Å². The van der Waals surface area contributed by atoms with Gasteiger partial charge in [0.2, 0.25) is 0 Å². The van der Waals surface area contributed by atoms with E-state index < -0.39 is 12.1 Å². The molecule has 2 nitrogen and oxygen atoms in total. The van der Waals surface area contributed by atoms with E-state index in [9.17, 15) is 8.78 Å². The summed E-state index contributed by atoms with van der Waals surface area (Å²) in [6, 6.07) is 2.95. The molecule has 0 fully saturated rings. The van der Waals surface area contributed by atoms with Crippen molar-refractivity contribution >= 4 is 31.9 Å². The van der Waals surface area contributed by atoms with Gasteiger partial charge in [-0.2, -0.15) is 5.26 Å². The molecule has 0 aliphatic carbocycles. The summed E-state index contributed by atoms with van der Waals surface area (Å²) >= 11 is 6.19. The van der Waals surface area contributed by atoms with Gasteiger partial charge in [-0.15, -0.1) is 0 Å². The molecule has 1 heterocycles. The molecule has 0 unspecified atom stereocenters. The van der Waals surface area contributed by atoms with Crippen LogP contribution in [0.2, 0.25) is 0 Å². The molecule has 1 aromatic heterocycles. The summed E-state index contributed by atoms with van der Waals surface area (Å²) in [4.78, 5) is 3.64. The minimum Gasteiger partial charge on any atom is -0.240 e. The van der Waals surface area contributed by atoms with E-state index in [-0.39, 0.29) is 10.2 Å². The zero-order chi connectivity index (χ0) is 10.7. The van der Waals surface area contributed by atoms with Crippen molar-refractivity contribution in [3.8, 4) is 6.07 Å². The van der Waals surface area contributed by atoms with Crippen molar-refractivity contribution in [1.82, 2.24) is 4.98 Å². The number of halogens is 4. The Balaban J connectivity index is 3.33. The van der Waals surface area contributed by atoms with Crippen molar-refractivity contribution in [2.45, 2.75) is 11.8 Å². The van der Waals surface area contributed by atoms with E-state index in [2.05, 4.69) is 36.8 Å². The Morgan fingerprint density at radius 2 is 2.21 bits per heavy atom. The second-order valence-electron chi connectivity index (χ2n) is 2.41. The molecule has 0 aromatic carbocycles. The number of nitrogens with zero attached hydrogens (tertiary/aromatic N) is 2. The number of hydrogen-bond donors (Lipinski definition) is 0. The largest absolute Gasteiger partial charge is 0.280 e.